The Labute approximate surface area is 289 Å². The third-order valence-corrected chi connectivity index (χ3v) is 1.68. The predicted octanol–water partition coefficient (Wildman–Crippen LogP) is 2.87. The average molecular weight is 732 g/mol. The fourth-order valence-electron chi connectivity index (χ4n) is 0.223. The maximum absolute atomic E-state index is 10.0. The van der Waals surface area contributed by atoms with Crippen LogP contribution in [0.25, 0.3) is 10.6 Å². The minimum absolute atomic E-state index is 0. The fraction of sp³-hybridized carbons (Fsp3) is 0.556. The number of nitrogens with zero attached hydrogens (tertiary/aromatic N) is 4. The largest absolute Gasteiger partial charge is 0.656 e. The molecular weight excluding hydrogens is 692 g/mol. The molecule has 0 rings (SSSR count). The molecule has 8 nitrogen and oxygen atoms in total. The third kappa shape index (κ3) is 127. The molecule has 0 atom stereocenters. The molecule has 0 bridgehead atoms. The van der Waals surface area contributed by atoms with E-state index < -0.39 is 0 Å². The number of carbonyl (C=O) groups is 2. The first-order chi connectivity index (χ1) is 10.2. The smallest absolute Gasteiger partial charge is 0.0506 e. The van der Waals surface area contributed by atoms with Gasteiger partial charge in [0.25, 0.3) is 0 Å². The zero-order chi connectivity index (χ0) is 18.6. The van der Waals surface area contributed by atoms with Crippen LogP contribution in [-0.4, -0.2) is 76.2 Å². The quantitative estimate of drug-likeness (QED) is 0.328. The van der Waals surface area contributed by atoms with Crippen LogP contribution in [0.1, 0.15) is 27.2 Å². The van der Waals surface area contributed by atoms with Gasteiger partial charge in [0.15, 0.2) is 0 Å². The van der Waals surface area contributed by atoms with Gasteiger partial charge < -0.3 is 69.3 Å². The van der Waals surface area contributed by atoms with Gasteiger partial charge in [0.1, 0.15) is 0 Å². The van der Waals surface area contributed by atoms with Gasteiger partial charge in [-0.2, -0.15) is 12.8 Å². The summed E-state index contributed by atoms with van der Waals surface area (Å²) in [4.78, 5) is 41.3. The van der Waals surface area contributed by atoms with E-state index in [1.54, 1.807) is 40.9 Å². The second-order valence-corrected chi connectivity index (χ2v) is 3.80. The van der Waals surface area contributed by atoms with Gasteiger partial charge in [0, 0.05) is 137 Å². The Morgan fingerprint density at radius 1 is 0.767 bits per heavy atom. The van der Waals surface area contributed by atoms with Gasteiger partial charge in [-0.05, 0) is 41.0 Å². The maximum Gasteiger partial charge on any atom is 0.0506 e. The van der Waals surface area contributed by atoms with Gasteiger partial charge in [0.2, 0.25) is 0 Å². The van der Waals surface area contributed by atoms with E-state index >= 15 is 0 Å². The van der Waals surface area contributed by atoms with E-state index in [1.807, 2.05) is 6.92 Å². The molecule has 4 amide bonds. The summed E-state index contributed by atoms with van der Waals surface area (Å²) in [7, 11) is 7.93. The van der Waals surface area contributed by atoms with Gasteiger partial charge in [0.05, 0.1) is 5.91 Å². The second kappa shape index (κ2) is 69.7. The zero-order valence-electron chi connectivity index (χ0n) is 21.1. The molecule has 0 aromatic heterocycles. The number of carbonyl (C=O) groups excluding carboxylic acids is 4. The van der Waals surface area contributed by atoms with Crippen LogP contribution in [-0.2, 0) is 150 Å². The summed E-state index contributed by atoms with van der Waals surface area (Å²) in [5, 5.41) is 6.62. The summed E-state index contributed by atoms with van der Waals surface area (Å²) in [5.41, 5.74) is 0. The van der Waals surface area contributed by atoms with E-state index in [4.69, 9.17) is 0 Å². The Balaban J connectivity index is -0.0000000133. The Hall–Kier alpha value is 2.30. The topological polar surface area (TPSA) is 103 Å². The van der Waals surface area contributed by atoms with Crippen LogP contribution in [0.15, 0.2) is 0 Å². The average Bonchev–Trinajstić information content (AvgIpc) is 2.54. The standard InChI is InChI=1S/C4H8NO.C4H9NO.C3H6NO.C3H7NO.4CH3.4Y/c1-3-5(2)4-6;1-3-4(6)5-2;1-4(2)3-5;1-3(5)4-2;;;;;;;;/h3H2,1-2H3;3H2,1-2H3,(H,5,6);1-2H3;1-2H3,(H,4,5);4*1H3;;;;/q-1;;-1;;4*-1;;;;/p-2. The van der Waals surface area contributed by atoms with E-state index in [-0.39, 0.29) is 172 Å². The molecule has 0 aliphatic rings. The van der Waals surface area contributed by atoms with Crippen LogP contribution in [0.5, 0.6) is 0 Å². The molecule has 176 valence electrons. The third-order valence-electron chi connectivity index (χ3n) is 1.68. The monoisotopic (exact) mass is 732 g/mol. The minimum Gasteiger partial charge on any atom is -0.656 e. The first-order valence-corrected chi connectivity index (χ1v) is 6.53. The number of amides is 4. The summed E-state index contributed by atoms with van der Waals surface area (Å²) >= 11 is 0. The van der Waals surface area contributed by atoms with Crippen molar-refractivity contribution in [2.24, 2.45) is 0 Å². The minimum atomic E-state index is -0.120. The maximum atomic E-state index is 10.0. The van der Waals surface area contributed by atoms with E-state index in [1.165, 1.54) is 30.8 Å². The molecule has 0 aliphatic carbocycles. The molecule has 0 N–H and O–H groups in total. The molecular formula is C18H40N4O4Y4-8. The molecule has 0 aromatic rings. The fourth-order valence-corrected chi connectivity index (χ4v) is 0.223. The summed E-state index contributed by atoms with van der Waals surface area (Å²) in [6.07, 6.45) is 3.83. The molecule has 0 heterocycles. The van der Waals surface area contributed by atoms with Gasteiger partial charge in [-0.3, -0.25) is 0 Å². The molecule has 12 heteroatoms. The Morgan fingerprint density at radius 3 is 1.03 bits per heavy atom. The summed E-state index contributed by atoms with van der Waals surface area (Å²) in [5.74, 6) is -0.153. The van der Waals surface area contributed by atoms with E-state index in [0.29, 0.717) is 6.42 Å². The molecule has 0 spiro atoms. The van der Waals surface area contributed by atoms with Crippen LogP contribution < -0.4 is 0 Å². The van der Waals surface area contributed by atoms with Crippen molar-refractivity contribution in [3.8, 4) is 0 Å². The van der Waals surface area contributed by atoms with Crippen LogP contribution in [0.2, 0.25) is 0 Å². The normalized spacial score (nSPS) is 5.33. The van der Waals surface area contributed by atoms with Crippen LogP contribution in [0.4, 0.5) is 0 Å². The van der Waals surface area contributed by atoms with Crippen LogP contribution in [0.3, 0.4) is 0 Å². The Kier molecular flexibility index (Phi) is 178. The number of rotatable bonds is 4. The zero-order valence-corrected chi connectivity index (χ0v) is 32.5. The van der Waals surface area contributed by atoms with Crippen molar-refractivity contribution < 1.29 is 150 Å². The molecule has 30 heavy (non-hydrogen) atoms. The first kappa shape index (κ1) is 76.8. The van der Waals surface area contributed by atoms with Crippen molar-refractivity contribution in [3.63, 3.8) is 0 Å². The first-order valence-electron chi connectivity index (χ1n) is 6.53. The molecule has 4 radical (unpaired) electrons. The molecule has 0 fully saturated rings. The molecule has 0 unspecified atom stereocenters. The number of hydrogen-bond acceptors (Lipinski definition) is 4. The van der Waals surface area contributed by atoms with E-state index in [2.05, 4.69) is 10.6 Å². The van der Waals surface area contributed by atoms with Crippen molar-refractivity contribution in [1.82, 2.24) is 9.80 Å². The SMILES string of the molecule is CCC(=O)[N-]C.CCN(C)[C-]=O.CN(C)[C-]=O.C[N-]C(C)=O.[CH3-].[CH3-].[CH3-].[CH3-].[Y].[Y].[Y].[Y]. The predicted molar refractivity (Wildman–Crippen MR) is 114 cm³/mol. The van der Waals surface area contributed by atoms with Gasteiger partial charge in [-0.1, -0.05) is 13.8 Å². The summed E-state index contributed by atoms with van der Waals surface area (Å²) in [6.45, 7) is 5.84. The van der Waals surface area contributed by atoms with Crippen molar-refractivity contribution in [2.45, 2.75) is 27.2 Å². The van der Waals surface area contributed by atoms with Gasteiger partial charge >= 0.3 is 0 Å². The van der Waals surface area contributed by atoms with Crippen molar-refractivity contribution in [2.75, 3.05) is 41.8 Å². The van der Waals surface area contributed by atoms with E-state index in [0.717, 1.165) is 6.54 Å². The number of hydrogen-bond donors (Lipinski definition) is 0. The van der Waals surface area contributed by atoms with Gasteiger partial charge in [-0.15, -0.1) is 14.1 Å². The second-order valence-electron chi connectivity index (χ2n) is 3.80. The molecule has 0 saturated heterocycles. The molecule has 0 saturated carbocycles. The summed E-state index contributed by atoms with van der Waals surface area (Å²) in [6, 6.07) is 0. The van der Waals surface area contributed by atoms with Crippen LogP contribution >= 0.6 is 0 Å². The Bertz CT molecular complexity index is 297. The van der Waals surface area contributed by atoms with Crippen molar-refractivity contribution in [3.05, 3.63) is 40.3 Å². The molecule has 0 aromatic carbocycles. The Morgan fingerprint density at radius 2 is 1.03 bits per heavy atom. The van der Waals surface area contributed by atoms with Gasteiger partial charge in [-0.25, -0.2) is 0 Å². The van der Waals surface area contributed by atoms with E-state index in [9.17, 15) is 19.2 Å². The van der Waals surface area contributed by atoms with Crippen molar-refractivity contribution >= 4 is 24.6 Å². The van der Waals surface area contributed by atoms with Crippen LogP contribution in [0, 0.1) is 29.7 Å². The molecule has 0 aliphatic heterocycles. The van der Waals surface area contributed by atoms with Crippen molar-refractivity contribution in [1.29, 1.82) is 0 Å². The summed E-state index contributed by atoms with van der Waals surface area (Å²) < 4.78 is 0.